The molecule has 1 amide bonds. The summed E-state index contributed by atoms with van der Waals surface area (Å²) in [6.45, 7) is 8.60. The summed E-state index contributed by atoms with van der Waals surface area (Å²) in [5, 5.41) is 2.74. The topological polar surface area (TPSA) is 42.4 Å². The van der Waals surface area contributed by atoms with Crippen LogP contribution in [0.4, 0.5) is 4.79 Å². The van der Waals surface area contributed by atoms with Gasteiger partial charge in [-0.05, 0) is 0 Å². The van der Waals surface area contributed by atoms with E-state index in [0.29, 0.717) is 6.54 Å². The third-order valence-corrected chi connectivity index (χ3v) is 2.59. The van der Waals surface area contributed by atoms with E-state index in [0.717, 1.165) is 5.01 Å². The van der Waals surface area contributed by atoms with Gasteiger partial charge >= 0.3 is 6.09 Å². The highest BCUT2D eigenvalue weighted by Gasteiger charge is 2.30. The van der Waals surface area contributed by atoms with E-state index in [-0.39, 0.29) is 12.2 Å². The van der Waals surface area contributed by atoms with Gasteiger partial charge in [0.15, 0.2) is 6.10 Å². The van der Waals surface area contributed by atoms with Gasteiger partial charge in [-0.25, -0.2) is 9.78 Å². The van der Waals surface area contributed by atoms with Crippen molar-refractivity contribution in [3.63, 3.8) is 0 Å². The van der Waals surface area contributed by atoms with E-state index in [1.165, 1.54) is 11.3 Å². The maximum Gasteiger partial charge on any atom is 0.410 e. The number of aromatic nitrogens is 1. The molecule has 0 aliphatic carbocycles. The molecule has 2 heterocycles. The molecule has 1 aliphatic rings. The second-order valence-corrected chi connectivity index (χ2v) is 3.55. The summed E-state index contributed by atoms with van der Waals surface area (Å²) in [4.78, 5) is 16.6. The smallest absolute Gasteiger partial charge is 0.410 e. The zero-order valence-electron chi connectivity index (χ0n) is 10.6. The van der Waals surface area contributed by atoms with Crippen LogP contribution in [0.15, 0.2) is 11.6 Å². The Bertz CT molecular complexity index is 288. The predicted molar refractivity (Wildman–Crippen MR) is 66.7 cm³/mol. The molecule has 0 spiro atoms. The molecule has 1 aromatic rings. The first-order valence-corrected chi connectivity index (χ1v) is 6.46. The highest BCUT2D eigenvalue weighted by molar-refractivity contribution is 7.09. The molecule has 0 bridgehead atoms. The first kappa shape index (κ1) is 14.9. The van der Waals surface area contributed by atoms with Crippen LogP contribution in [-0.4, -0.2) is 29.6 Å². The number of nitrogens with zero attached hydrogens (tertiary/aromatic N) is 2. The number of hydrogen-bond donors (Lipinski definition) is 0. The van der Waals surface area contributed by atoms with E-state index in [9.17, 15) is 4.79 Å². The molecule has 0 radical (unpaired) electrons. The number of thiazole rings is 1. The molecule has 2 rings (SSSR count). The minimum atomic E-state index is -0.268. The molecule has 4 nitrogen and oxygen atoms in total. The van der Waals surface area contributed by atoms with Crippen molar-refractivity contribution >= 4 is 17.4 Å². The fourth-order valence-corrected chi connectivity index (χ4v) is 1.75. The third kappa shape index (κ3) is 3.81. The Morgan fingerprint density at radius 2 is 2.06 bits per heavy atom. The normalized spacial score (nSPS) is 17.9. The molecule has 0 N–H and O–H groups in total. The van der Waals surface area contributed by atoms with Crippen LogP contribution in [0, 0.1) is 0 Å². The van der Waals surface area contributed by atoms with Crippen LogP contribution in [0.3, 0.4) is 0 Å². The lowest BCUT2D eigenvalue weighted by Crippen LogP contribution is -2.17. The van der Waals surface area contributed by atoms with Gasteiger partial charge in [0, 0.05) is 18.6 Å². The number of hydrogen-bond acceptors (Lipinski definition) is 4. The number of rotatable bonds is 1. The molecular weight excluding hydrogens is 224 g/mol. The summed E-state index contributed by atoms with van der Waals surface area (Å²) in [7, 11) is 1.72. The van der Waals surface area contributed by atoms with E-state index in [1.54, 1.807) is 18.1 Å². The lowest BCUT2D eigenvalue weighted by molar-refractivity contribution is 0.134. The van der Waals surface area contributed by atoms with Crippen LogP contribution >= 0.6 is 11.3 Å². The molecule has 1 aromatic heterocycles. The first-order chi connectivity index (χ1) is 7.77. The summed E-state index contributed by atoms with van der Waals surface area (Å²) in [5.41, 5.74) is 0. The Labute approximate surface area is 101 Å². The fourth-order valence-electron chi connectivity index (χ4n) is 1.09. The van der Waals surface area contributed by atoms with Crippen molar-refractivity contribution in [2.45, 2.75) is 33.8 Å². The lowest BCUT2D eigenvalue weighted by Gasteiger charge is -2.01. The fraction of sp³-hybridized carbons (Fsp3) is 0.636. The van der Waals surface area contributed by atoms with Gasteiger partial charge in [0.2, 0.25) is 0 Å². The summed E-state index contributed by atoms with van der Waals surface area (Å²) >= 11 is 1.51. The van der Waals surface area contributed by atoms with Crippen molar-refractivity contribution in [3.8, 4) is 0 Å². The molecular formula is C11H20N2O2S. The zero-order valence-corrected chi connectivity index (χ0v) is 11.4. The Balaban J connectivity index is 0.000000509. The van der Waals surface area contributed by atoms with Gasteiger partial charge in [-0.1, -0.05) is 27.7 Å². The van der Waals surface area contributed by atoms with Gasteiger partial charge in [0.25, 0.3) is 0 Å². The van der Waals surface area contributed by atoms with Crippen LogP contribution in [-0.2, 0) is 4.74 Å². The van der Waals surface area contributed by atoms with Gasteiger partial charge < -0.3 is 9.64 Å². The van der Waals surface area contributed by atoms with Crippen LogP contribution in [0.25, 0.3) is 0 Å². The van der Waals surface area contributed by atoms with Gasteiger partial charge in [0.05, 0.1) is 6.54 Å². The molecule has 1 saturated heterocycles. The highest BCUT2D eigenvalue weighted by atomic mass is 32.1. The minimum absolute atomic E-state index is 0.164. The summed E-state index contributed by atoms with van der Waals surface area (Å²) in [5.74, 6) is 0. The van der Waals surface area contributed by atoms with E-state index in [1.807, 2.05) is 33.1 Å². The van der Waals surface area contributed by atoms with Crippen molar-refractivity contribution < 1.29 is 9.53 Å². The quantitative estimate of drug-likeness (QED) is 0.761. The second kappa shape index (κ2) is 8.10. The van der Waals surface area contributed by atoms with Crippen LogP contribution in [0.2, 0.25) is 0 Å². The largest absolute Gasteiger partial charge is 0.437 e. The highest BCUT2D eigenvalue weighted by Crippen LogP contribution is 2.25. The van der Waals surface area contributed by atoms with Crippen molar-refractivity contribution in [1.29, 1.82) is 0 Å². The zero-order chi connectivity index (χ0) is 12.6. The summed E-state index contributed by atoms with van der Waals surface area (Å²) < 4.78 is 5.05. The minimum Gasteiger partial charge on any atom is -0.437 e. The predicted octanol–water partition coefficient (Wildman–Crippen LogP) is 3.32. The number of ether oxygens (including phenoxy) is 1. The van der Waals surface area contributed by atoms with E-state index in [4.69, 9.17) is 4.74 Å². The van der Waals surface area contributed by atoms with Crippen molar-refractivity contribution in [3.05, 3.63) is 16.6 Å². The Morgan fingerprint density at radius 1 is 1.44 bits per heavy atom. The Hall–Kier alpha value is -1.10. The molecule has 92 valence electrons. The Morgan fingerprint density at radius 3 is 2.44 bits per heavy atom. The number of carbonyl (C=O) groups excluding carboxylic acids is 1. The molecule has 1 atom stereocenters. The standard InChI is InChI=1S/C7H8N2O2S.2C2H6/c1-9-4-5(11-7(9)10)6-8-2-3-12-6;2*1-2/h2-3,5H,4H2,1H3;2*1-2H3. The summed E-state index contributed by atoms with van der Waals surface area (Å²) in [6, 6.07) is 0. The maximum atomic E-state index is 11.0. The van der Waals surface area contributed by atoms with Gasteiger partial charge in [-0.15, -0.1) is 11.3 Å². The number of cyclic esters (lactones) is 1. The third-order valence-electron chi connectivity index (χ3n) is 1.72. The maximum absolute atomic E-state index is 11.0. The van der Waals surface area contributed by atoms with Crippen LogP contribution in [0.1, 0.15) is 38.8 Å². The second-order valence-electron chi connectivity index (χ2n) is 2.62. The van der Waals surface area contributed by atoms with E-state index >= 15 is 0 Å². The van der Waals surface area contributed by atoms with Gasteiger partial charge in [-0.2, -0.15) is 0 Å². The molecule has 1 fully saturated rings. The number of amides is 1. The lowest BCUT2D eigenvalue weighted by atomic mass is 10.4. The number of carbonyl (C=O) groups is 1. The molecule has 16 heavy (non-hydrogen) atoms. The van der Waals surface area contributed by atoms with Gasteiger partial charge in [0.1, 0.15) is 5.01 Å². The van der Waals surface area contributed by atoms with Gasteiger partial charge in [-0.3, -0.25) is 0 Å². The average Bonchev–Trinajstić information content (AvgIpc) is 2.95. The van der Waals surface area contributed by atoms with Crippen molar-refractivity contribution in [2.24, 2.45) is 0 Å². The van der Waals surface area contributed by atoms with E-state index < -0.39 is 0 Å². The number of likely N-dealkylation sites (N-methyl/N-ethyl adjacent to an activating group) is 1. The van der Waals surface area contributed by atoms with Crippen LogP contribution in [0.5, 0.6) is 0 Å². The van der Waals surface area contributed by atoms with Crippen LogP contribution < -0.4 is 0 Å². The molecule has 1 unspecified atom stereocenters. The molecule has 1 aliphatic heterocycles. The monoisotopic (exact) mass is 244 g/mol. The van der Waals surface area contributed by atoms with E-state index in [2.05, 4.69) is 4.98 Å². The Kier molecular flexibility index (Phi) is 7.54. The molecule has 0 aromatic carbocycles. The van der Waals surface area contributed by atoms with Crippen molar-refractivity contribution in [1.82, 2.24) is 9.88 Å². The first-order valence-electron chi connectivity index (χ1n) is 5.58. The molecule has 5 heteroatoms. The van der Waals surface area contributed by atoms with Crippen molar-refractivity contribution in [2.75, 3.05) is 13.6 Å². The molecule has 0 saturated carbocycles. The SMILES string of the molecule is CC.CC.CN1CC(c2nccs2)OC1=O. The summed E-state index contributed by atoms with van der Waals surface area (Å²) in [6.07, 6.45) is 1.28. The average molecular weight is 244 g/mol.